The SMILES string of the molecule is COCCOCCn1cc(CNCC(C)C)c(C)n1. The molecule has 0 aliphatic rings. The van der Waals surface area contributed by atoms with Crippen molar-refractivity contribution in [1.82, 2.24) is 15.1 Å². The summed E-state index contributed by atoms with van der Waals surface area (Å²) in [5, 5.41) is 7.93. The Bertz CT molecular complexity index is 350. The first-order valence-corrected chi connectivity index (χ1v) is 6.93. The summed E-state index contributed by atoms with van der Waals surface area (Å²) in [5.41, 5.74) is 2.35. The van der Waals surface area contributed by atoms with Crippen LogP contribution in [0.5, 0.6) is 0 Å². The molecule has 0 aliphatic heterocycles. The zero-order valence-electron chi connectivity index (χ0n) is 12.6. The van der Waals surface area contributed by atoms with E-state index in [0.29, 0.717) is 25.7 Å². The Balaban J connectivity index is 2.28. The van der Waals surface area contributed by atoms with Gasteiger partial charge in [-0.1, -0.05) is 13.8 Å². The van der Waals surface area contributed by atoms with E-state index in [1.807, 2.05) is 4.68 Å². The van der Waals surface area contributed by atoms with Crippen LogP contribution in [0.15, 0.2) is 6.20 Å². The molecule has 0 fully saturated rings. The van der Waals surface area contributed by atoms with Gasteiger partial charge in [0.1, 0.15) is 0 Å². The first-order chi connectivity index (χ1) is 9.13. The van der Waals surface area contributed by atoms with Crippen molar-refractivity contribution in [3.05, 3.63) is 17.5 Å². The molecule has 0 amide bonds. The number of hydrogen-bond acceptors (Lipinski definition) is 4. The van der Waals surface area contributed by atoms with Crippen LogP contribution in [0.4, 0.5) is 0 Å². The normalized spacial score (nSPS) is 11.4. The fraction of sp³-hybridized carbons (Fsp3) is 0.786. The summed E-state index contributed by atoms with van der Waals surface area (Å²) in [4.78, 5) is 0. The van der Waals surface area contributed by atoms with Crippen molar-refractivity contribution < 1.29 is 9.47 Å². The van der Waals surface area contributed by atoms with Gasteiger partial charge in [-0.25, -0.2) is 0 Å². The van der Waals surface area contributed by atoms with E-state index in [4.69, 9.17) is 9.47 Å². The molecule has 0 bridgehead atoms. The lowest BCUT2D eigenvalue weighted by atomic mass is 10.2. The Morgan fingerprint density at radius 2 is 2.11 bits per heavy atom. The van der Waals surface area contributed by atoms with Crippen LogP contribution < -0.4 is 5.32 Å². The molecule has 0 aliphatic carbocycles. The zero-order valence-corrected chi connectivity index (χ0v) is 12.6. The van der Waals surface area contributed by atoms with Crippen molar-refractivity contribution in [3.63, 3.8) is 0 Å². The highest BCUT2D eigenvalue weighted by Gasteiger charge is 2.04. The highest BCUT2D eigenvalue weighted by atomic mass is 16.5. The highest BCUT2D eigenvalue weighted by molar-refractivity contribution is 5.14. The van der Waals surface area contributed by atoms with E-state index < -0.39 is 0 Å². The van der Waals surface area contributed by atoms with Gasteiger partial charge in [0.25, 0.3) is 0 Å². The summed E-state index contributed by atoms with van der Waals surface area (Å²) in [6, 6.07) is 0. The third kappa shape index (κ3) is 6.71. The average molecular weight is 269 g/mol. The maximum Gasteiger partial charge on any atom is 0.0701 e. The Kier molecular flexibility index (Phi) is 7.70. The topological polar surface area (TPSA) is 48.3 Å². The first kappa shape index (κ1) is 16.1. The lowest BCUT2D eigenvalue weighted by Crippen LogP contribution is -2.19. The summed E-state index contributed by atoms with van der Waals surface area (Å²) < 4.78 is 12.3. The van der Waals surface area contributed by atoms with E-state index >= 15 is 0 Å². The van der Waals surface area contributed by atoms with Crippen LogP contribution in [0.25, 0.3) is 0 Å². The summed E-state index contributed by atoms with van der Waals surface area (Å²) in [6.45, 7) is 11.1. The molecular formula is C14H27N3O2. The molecule has 1 aromatic rings. The van der Waals surface area contributed by atoms with Crippen LogP contribution in [-0.2, 0) is 22.6 Å². The van der Waals surface area contributed by atoms with Crippen molar-refractivity contribution in [2.75, 3.05) is 33.5 Å². The van der Waals surface area contributed by atoms with E-state index in [1.54, 1.807) is 7.11 Å². The van der Waals surface area contributed by atoms with Gasteiger partial charge in [-0.05, 0) is 19.4 Å². The maximum atomic E-state index is 5.44. The number of nitrogens with zero attached hydrogens (tertiary/aromatic N) is 2. The van der Waals surface area contributed by atoms with Gasteiger partial charge < -0.3 is 14.8 Å². The summed E-state index contributed by atoms with van der Waals surface area (Å²) >= 11 is 0. The molecule has 1 N–H and O–H groups in total. The van der Waals surface area contributed by atoms with Gasteiger partial charge >= 0.3 is 0 Å². The molecular weight excluding hydrogens is 242 g/mol. The van der Waals surface area contributed by atoms with E-state index in [2.05, 4.69) is 37.4 Å². The van der Waals surface area contributed by atoms with Crippen molar-refractivity contribution in [2.45, 2.75) is 33.9 Å². The number of hydrogen-bond donors (Lipinski definition) is 1. The average Bonchev–Trinajstić information content (AvgIpc) is 2.69. The van der Waals surface area contributed by atoms with Crippen LogP contribution in [0.1, 0.15) is 25.1 Å². The molecule has 0 radical (unpaired) electrons. The molecule has 0 unspecified atom stereocenters. The highest BCUT2D eigenvalue weighted by Crippen LogP contribution is 2.05. The number of ether oxygens (including phenoxy) is 2. The molecule has 0 saturated carbocycles. The molecule has 0 atom stereocenters. The number of rotatable bonds is 10. The molecule has 0 saturated heterocycles. The zero-order chi connectivity index (χ0) is 14.1. The van der Waals surface area contributed by atoms with Gasteiger partial charge in [-0.3, -0.25) is 4.68 Å². The fourth-order valence-corrected chi connectivity index (χ4v) is 1.75. The second kappa shape index (κ2) is 9.07. The van der Waals surface area contributed by atoms with Gasteiger partial charge in [0.15, 0.2) is 0 Å². The number of nitrogens with one attached hydrogen (secondary N) is 1. The minimum atomic E-state index is 0.638. The van der Waals surface area contributed by atoms with Gasteiger partial charge in [-0.2, -0.15) is 5.10 Å². The Morgan fingerprint density at radius 3 is 2.79 bits per heavy atom. The monoisotopic (exact) mass is 269 g/mol. The van der Waals surface area contributed by atoms with Crippen molar-refractivity contribution >= 4 is 0 Å². The summed E-state index contributed by atoms with van der Waals surface area (Å²) in [6.07, 6.45) is 2.10. The maximum absolute atomic E-state index is 5.44. The molecule has 0 spiro atoms. The third-order valence-corrected chi connectivity index (χ3v) is 2.81. The van der Waals surface area contributed by atoms with Crippen LogP contribution in [-0.4, -0.2) is 43.3 Å². The molecule has 110 valence electrons. The predicted molar refractivity (Wildman–Crippen MR) is 76.2 cm³/mol. The van der Waals surface area contributed by atoms with Gasteiger partial charge in [0.05, 0.1) is 32.1 Å². The molecule has 1 heterocycles. The van der Waals surface area contributed by atoms with E-state index in [1.165, 1.54) is 5.56 Å². The van der Waals surface area contributed by atoms with Crippen LogP contribution in [0.2, 0.25) is 0 Å². The van der Waals surface area contributed by atoms with Crippen LogP contribution >= 0.6 is 0 Å². The minimum absolute atomic E-state index is 0.638. The van der Waals surface area contributed by atoms with E-state index in [0.717, 1.165) is 25.3 Å². The minimum Gasteiger partial charge on any atom is -0.382 e. The van der Waals surface area contributed by atoms with E-state index in [-0.39, 0.29) is 0 Å². The van der Waals surface area contributed by atoms with Crippen molar-refractivity contribution in [1.29, 1.82) is 0 Å². The van der Waals surface area contributed by atoms with Crippen LogP contribution in [0, 0.1) is 12.8 Å². The summed E-state index contributed by atoms with van der Waals surface area (Å²) in [5.74, 6) is 0.671. The lowest BCUT2D eigenvalue weighted by Gasteiger charge is -2.06. The Morgan fingerprint density at radius 1 is 1.32 bits per heavy atom. The van der Waals surface area contributed by atoms with Gasteiger partial charge in [-0.15, -0.1) is 0 Å². The summed E-state index contributed by atoms with van der Waals surface area (Å²) in [7, 11) is 1.68. The number of aryl methyl sites for hydroxylation is 1. The standard InChI is InChI=1S/C14H27N3O2/c1-12(2)9-15-10-14-11-17(16-13(14)3)5-6-19-8-7-18-4/h11-12,15H,5-10H2,1-4H3. The van der Waals surface area contributed by atoms with Crippen LogP contribution in [0.3, 0.4) is 0 Å². The van der Waals surface area contributed by atoms with Gasteiger partial charge in [0, 0.05) is 25.4 Å². The lowest BCUT2D eigenvalue weighted by molar-refractivity contribution is 0.0654. The van der Waals surface area contributed by atoms with E-state index in [9.17, 15) is 0 Å². The Labute approximate surface area is 116 Å². The molecule has 5 nitrogen and oxygen atoms in total. The number of aromatic nitrogens is 2. The molecule has 1 aromatic heterocycles. The largest absolute Gasteiger partial charge is 0.382 e. The molecule has 1 rings (SSSR count). The first-order valence-electron chi connectivity index (χ1n) is 6.93. The fourth-order valence-electron chi connectivity index (χ4n) is 1.75. The second-order valence-electron chi connectivity index (χ2n) is 5.13. The smallest absolute Gasteiger partial charge is 0.0701 e. The predicted octanol–water partition coefficient (Wildman–Crippen LogP) is 1.60. The second-order valence-corrected chi connectivity index (χ2v) is 5.13. The Hall–Kier alpha value is -0.910. The van der Waals surface area contributed by atoms with Crippen molar-refractivity contribution in [3.8, 4) is 0 Å². The quantitative estimate of drug-likeness (QED) is 0.655. The van der Waals surface area contributed by atoms with Crippen molar-refractivity contribution in [2.24, 2.45) is 5.92 Å². The molecule has 19 heavy (non-hydrogen) atoms. The molecule has 5 heteroatoms. The third-order valence-electron chi connectivity index (χ3n) is 2.81. The van der Waals surface area contributed by atoms with Gasteiger partial charge in [0.2, 0.25) is 0 Å². The molecule has 0 aromatic carbocycles. The number of methoxy groups -OCH3 is 1.